The highest BCUT2D eigenvalue weighted by atomic mass is 16.2. The van der Waals surface area contributed by atoms with Crippen molar-refractivity contribution in [1.82, 2.24) is 4.90 Å². The van der Waals surface area contributed by atoms with Crippen LogP contribution in [-0.4, -0.2) is 22.8 Å². The van der Waals surface area contributed by atoms with E-state index < -0.39 is 6.04 Å². The smallest absolute Gasteiger partial charge is 0.246 e. The molecule has 1 aromatic rings. The highest BCUT2D eigenvalue weighted by molar-refractivity contribution is 5.98. The first-order valence-corrected chi connectivity index (χ1v) is 5.92. The van der Waals surface area contributed by atoms with Crippen molar-refractivity contribution in [3.05, 3.63) is 42.5 Å². The summed E-state index contributed by atoms with van der Waals surface area (Å²) in [5, 5.41) is 2.84. The van der Waals surface area contributed by atoms with Crippen molar-refractivity contribution in [2.45, 2.75) is 25.9 Å². The largest absolute Gasteiger partial charge is 0.326 e. The zero-order chi connectivity index (χ0) is 13.1. The molecule has 0 aliphatic carbocycles. The number of fused-ring (bicyclic) bond motifs is 1. The van der Waals surface area contributed by atoms with Gasteiger partial charge >= 0.3 is 0 Å². The normalized spacial score (nSPS) is 18.6. The second-order valence-corrected chi connectivity index (χ2v) is 4.34. The van der Waals surface area contributed by atoms with Gasteiger partial charge in [-0.1, -0.05) is 24.3 Å². The molecule has 4 nitrogen and oxygen atoms in total. The number of hydrogen-bond donors (Lipinski definition) is 1. The fourth-order valence-corrected chi connectivity index (χ4v) is 2.02. The van der Waals surface area contributed by atoms with Crippen LogP contribution in [0.5, 0.6) is 0 Å². The topological polar surface area (TPSA) is 49.4 Å². The third-order valence-corrected chi connectivity index (χ3v) is 3.10. The van der Waals surface area contributed by atoms with Crippen molar-refractivity contribution >= 4 is 17.5 Å². The van der Waals surface area contributed by atoms with Crippen molar-refractivity contribution in [3.63, 3.8) is 0 Å². The first-order chi connectivity index (χ1) is 8.63. The maximum absolute atomic E-state index is 12.0. The molecule has 0 spiro atoms. The molecule has 1 aromatic carbocycles. The second-order valence-electron chi connectivity index (χ2n) is 4.34. The summed E-state index contributed by atoms with van der Waals surface area (Å²) in [6.07, 6.45) is 1.81. The van der Waals surface area contributed by atoms with Crippen LogP contribution in [0, 0.1) is 0 Å². The lowest BCUT2D eigenvalue weighted by Crippen LogP contribution is -2.43. The maximum atomic E-state index is 12.0. The van der Waals surface area contributed by atoms with Crippen LogP contribution >= 0.6 is 0 Å². The Kier molecular flexibility index (Phi) is 3.46. The Balaban J connectivity index is 2.34. The van der Waals surface area contributed by atoms with Crippen LogP contribution in [0.3, 0.4) is 0 Å². The number of amides is 2. The summed E-state index contributed by atoms with van der Waals surface area (Å²) in [5.74, 6) is -0.235. The molecule has 1 atom stereocenters. The molecule has 2 amide bonds. The zero-order valence-corrected chi connectivity index (χ0v) is 10.3. The lowest BCUT2D eigenvalue weighted by atomic mass is 10.1. The fraction of sp³-hybridized carbons (Fsp3) is 0.286. The zero-order valence-electron chi connectivity index (χ0n) is 10.3. The molecule has 1 N–H and O–H groups in total. The number of nitrogens with zero attached hydrogens (tertiary/aromatic N) is 1. The Morgan fingerprint density at radius 2 is 2.28 bits per heavy atom. The summed E-state index contributed by atoms with van der Waals surface area (Å²) in [4.78, 5) is 25.5. The van der Waals surface area contributed by atoms with Crippen molar-refractivity contribution in [1.29, 1.82) is 0 Å². The molecule has 0 bridgehead atoms. The third kappa shape index (κ3) is 2.27. The van der Waals surface area contributed by atoms with E-state index in [2.05, 4.69) is 11.9 Å². The van der Waals surface area contributed by atoms with Gasteiger partial charge in [0.2, 0.25) is 11.8 Å². The molecule has 18 heavy (non-hydrogen) atoms. The minimum absolute atomic E-state index is 0.0793. The molecule has 0 saturated carbocycles. The van der Waals surface area contributed by atoms with E-state index in [1.807, 2.05) is 24.3 Å². The number of carbonyl (C=O) groups is 2. The highest BCUT2D eigenvalue weighted by Gasteiger charge is 2.29. The van der Waals surface area contributed by atoms with E-state index in [1.54, 1.807) is 17.9 Å². The van der Waals surface area contributed by atoms with E-state index in [9.17, 15) is 9.59 Å². The molecule has 4 heteroatoms. The molecular formula is C14H16N2O2. The Hall–Kier alpha value is -2.10. The number of anilines is 1. The van der Waals surface area contributed by atoms with Crippen molar-refractivity contribution in [2.75, 3.05) is 5.32 Å². The minimum Gasteiger partial charge on any atom is -0.326 e. The lowest BCUT2D eigenvalue weighted by Gasteiger charge is -2.25. The van der Waals surface area contributed by atoms with Crippen LogP contribution in [0.1, 0.15) is 18.9 Å². The van der Waals surface area contributed by atoms with Crippen LogP contribution < -0.4 is 5.32 Å². The molecule has 94 valence electrons. The number of benzene rings is 1. The average molecular weight is 244 g/mol. The van der Waals surface area contributed by atoms with Crippen LogP contribution in [0.4, 0.5) is 5.69 Å². The summed E-state index contributed by atoms with van der Waals surface area (Å²) in [7, 11) is 0. The van der Waals surface area contributed by atoms with Gasteiger partial charge in [-0.05, 0) is 18.6 Å². The molecular weight excluding hydrogens is 228 g/mol. The molecule has 2 rings (SSSR count). The predicted molar refractivity (Wildman–Crippen MR) is 69.9 cm³/mol. The van der Waals surface area contributed by atoms with Crippen molar-refractivity contribution < 1.29 is 9.59 Å². The maximum Gasteiger partial charge on any atom is 0.246 e. The van der Waals surface area contributed by atoms with Gasteiger partial charge in [0.15, 0.2) is 0 Å². The Labute approximate surface area is 106 Å². The van der Waals surface area contributed by atoms with Gasteiger partial charge in [0.1, 0.15) is 6.04 Å². The molecule has 0 fully saturated rings. The molecule has 0 aromatic heterocycles. The molecule has 0 radical (unpaired) electrons. The van der Waals surface area contributed by atoms with Crippen LogP contribution in [0.15, 0.2) is 36.9 Å². The van der Waals surface area contributed by atoms with Gasteiger partial charge in [0.25, 0.3) is 0 Å². The second kappa shape index (κ2) is 5.04. The predicted octanol–water partition coefficient (Wildman–Crippen LogP) is 1.93. The van der Waals surface area contributed by atoms with E-state index in [4.69, 9.17) is 0 Å². The quantitative estimate of drug-likeness (QED) is 0.808. The molecule has 1 aliphatic rings. The van der Waals surface area contributed by atoms with E-state index in [-0.39, 0.29) is 18.2 Å². The van der Waals surface area contributed by atoms with Crippen molar-refractivity contribution in [2.24, 2.45) is 0 Å². The third-order valence-electron chi connectivity index (χ3n) is 3.10. The van der Waals surface area contributed by atoms with Crippen LogP contribution in [0.25, 0.3) is 0 Å². The van der Waals surface area contributed by atoms with Gasteiger partial charge in [-0.2, -0.15) is 0 Å². The minimum atomic E-state index is -0.468. The monoisotopic (exact) mass is 244 g/mol. The van der Waals surface area contributed by atoms with Crippen LogP contribution in [0.2, 0.25) is 0 Å². The van der Waals surface area contributed by atoms with E-state index >= 15 is 0 Å². The van der Waals surface area contributed by atoms with Crippen LogP contribution in [-0.2, 0) is 16.1 Å². The molecule has 0 saturated heterocycles. The molecule has 1 heterocycles. The summed E-state index contributed by atoms with van der Waals surface area (Å²) in [6.45, 7) is 5.74. The number of rotatable bonds is 2. The number of hydrogen-bond acceptors (Lipinski definition) is 2. The summed E-state index contributed by atoms with van der Waals surface area (Å²) >= 11 is 0. The first-order valence-electron chi connectivity index (χ1n) is 5.92. The first kappa shape index (κ1) is 12.4. The highest BCUT2D eigenvalue weighted by Crippen LogP contribution is 2.23. The average Bonchev–Trinajstić information content (AvgIpc) is 2.48. The van der Waals surface area contributed by atoms with Gasteiger partial charge in [0.05, 0.1) is 0 Å². The Morgan fingerprint density at radius 3 is 3.00 bits per heavy atom. The van der Waals surface area contributed by atoms with E-state index in [0.29, 0.717) is 6.54 Å². The number of para-hydroxylation sites is 1. The number of carbonyl (C=O) groups excluding carboxylic acids is 2. The van der Waals surface area contributed by atoms with Gasteiger partial charge in [0, 0.05) is 18.7 Å². The van der Waals surface area contributed by atoms with E-state index in [0.717, 1.165) is 11.3 Å². The van der Waals surface area contributed by atoms with Gasteiger partial charge < -0.3 is 10.2 Å². The van der Waals surface area contributed by atoms with Gasteiger partial charge in [-0.25, -0.2) is 0 Å². The van der Waals surface area contributed by atoms with E-state index in [1.165, 1.54) is 0 Å². The molecule has 1 aliphatic heterocycles. The summed E-state index contributed by atoms with van der Waals surface area (Å²) in [6, 6.07) is 7.07. The fourth-order valence-electron chi connectivity index (χ4n) is 2.02. The van der Waals surface area contributed by atoms with Crippen molar-refractivity contribution in [3.8, 4) is 0 Å². The summed E-state index contributed by atoms with van der Waals surface area (Å²) < 4.78 is 0. The molecule has 1 unspecified atom stereocenters. The summed E-state index contributed by atoms with van der Waals surface area (Å²) in [5.41, 5.74) is 1.73. The standard InChI is InChI=1S/C14H16N2O2/c1-3-6-13(17)16-9-11-7-4-5-8-12(11)15-14(18)10(16)2/h3-5,7-8,10H,1,6,9H2,2H3,(H,15,18). The Bertz CT molecular complexity index is 496. The Morgan fingerprint density at radius 1 is 1.56 bits per heavy atom. The van der Waals surface area contributed by atoms with Gasteiger partial charge in [-0.3, -0.25) is 9.59 Å². The lowest BCUT2D eigenvalue weighted by molar-refractivity contribution is -0.137. The number of nitrogens with one attached hydrogen (secondary N) is 1. The SMILES string of the molecule is C=CCC(=O)N1Cc2ccccc2NC(=O)C1C. The van der Waals surface area contributed by atoms with Gasteiger partial charge in [-0.15, -0.1) is 6.58 Å².